The molecule has 4 heteroatoms. The molecule has 2 rings (SSSR count). The Bertz CT molecular complexity index is 345. The zero-order chi connectivity index (χ0) is 12.1. The van der Waals surface area contributed by atoms with E-state index in [1.54, 1.807) is 0 Å². The lowest BCUT2D eigenvalue weighted by Crippen LogP contribution is -2.12. The Morgan fingerprint density at radius 2 is 2.47 bits per heavy atom. The summed E-state index contributed by atoms with van der Waals surface area (Å²) >= 11 is 1.86. The molecule has 1 atom stereocenters. The molecule has 0 spiro atoms. The first-order valence-corrected chi connectivity index (χ1v) is 7.09. The largest absolute Gasteiger partial charge is 0.379 e. The van der Waals surface area contributed by atoms with E-state index in [1.165, 1.54) is 15.3 Å². The maximum absolute atomic E-state index is 5.85. The zero-order valence-electron chi connectivity index (χ0n) is 10.6. The van der Waals surface area contributed by atoms with E-state index in [1.807, 2.05) is 11.3 Å². The van der Waals surface area contributed by atoms with Crippen LogP contribution in [-0.4, -0.2) is 25.9 Å². The molecule has 0 radical (unpaired) electrons. The number of hydrogen-bond acceptors (Lipinski definition) is 4. The van der Waals surface area contributed by atoms with Crippen LogP contribution in [0.1, 0.15) is 28.7 Å². The van der Waals surface area contributed by atoms with Gasteiger partial charge >= 0.3 is 0 Å². The van der Waals surface area contributed by atoms with Crippen LogP contribution < -0.4 is 5.32 Å². The maximum atomic E-state index is 5.85. The van der Waals surface area contributed by atoms with Crippen molar-refractivity contribution in [1.82, 2.24) is 5.32 Å². The molecule has 1 aliphatic heterocycles. The van der Waals surface area contributed by atoms with Crippen molar-refractivity contribution in [3.8, 4) is 0 Å². The Morgan fingerprint density at radius 3 is 3.18 bits per heavy atom. The molecule has 1 unspecified atom stereocenters. The summed E-state index contributed by atoms with van der Waals surface area (Å²) in [6.07, 6.45) is 1.33. The minimum absolute atomic E-state index is 0.298. The van der Waals surface area contributed by atoms with Crippen molar-refractivity contribution in [2.75, 3.05) is 19.8 Å². The van der Waals surface area contributed by atoms with Crippen LogP contribution in [0.25, 0.3) is 0 Å². The molecule has 17 heavy (non-hydrogen) atoms. The predicted molar refractivity (Wildman–Crippen MR) is 70.4 cm³/mol. The van der Waals surface area contributed by atoms with Crippen LogP contribution in [0.5, 0.6) is 0 Å². The first-order chi connectivity index (χ1) is 8.29. The molecule has 96 valence electrons. The van der Waals surface area contributed by atoms with Gasteiger partial charge in [-0.25, -0.2) is 0 Å². The highest BCUT2D eigenvalue weighted by Crippen LogP contribution is 2.23. The number of nitrogens with one attached hydrogen (secondary N) is 1. The molecule has 0 saturated carbocycles. The van der Waals surface area contributed by atoms with Gasteiger partial charge in [-0.15, -0.1) is 11.3 Å². The lowest BCUT2D eigenvalue weighted by Gasteiger charge is -2.08. The van der Waals surface area contributed by atoms with Crippen molar-refractivity contribution in [1.29, 1.82) is 0 Å². The van der Waals surface area contributed by atoms with E-state index < -0.39 is 0 Å². The van der Waals surface area contributed by atoms with E-state index in [4.69, 9.17) is 9.47 Å². The highest BCUT2D eigenvalue weighted by molar-refractivity contribution is 7.12. The van der Waals surface area contributed by atoms with Crippen LogP contribution in [0.4, 0.5) is 0 Å². The minimum Gasteiger partial charge on any atom is -0.379 e. The van der Waals surface area contributed by atoms with Crippen LogP contribution in [0.2, 0.25) is 0 Å². The van der Waals surface area contributed by atoms with Gasteiger partial charge in [0, 0.05) is 22.9 Å². The number of thiophene rings is 1. The van der Waals surface area contributed by atoms with Gasteiger partial charge in [0.25, 0.3) is 0 Å². The topological polar surface area (TPSA) is 30.5 Å². The molecule has 0 amide bonds. The summed E-state index contributed by atoms with van der Waals surface area (Å²) in [6, 6.07) is 2.26. The van der Waals surface area contributed by atoms with Gasteiger partial charge in [-0.2, -0.15) is 0 Å². The molecule has 1 N–H and O–H groups in total. The number of ether oxygens (including phenoxy) is 2. The molecule has 2 heterocycles. The zero-order valence-corrected chi connectivity index (χ0v) is 11.4. The van der Waals surface area contributed by atoms with Crippen molar-refractivity contribution in [2.24, 2.45) is 0 Å². The molecule has 1 aromatic rings. The SMILES string of the molecule is CCNCc1cc(COC2CCOC2)c(C)s1. The standard InChI is InChI=1S/C13H21NO2S/c1-3-14-7-13-6-11(10(2)17-13)8-16-12-4-5-15-9-12/h6,12,14H,3-5,7-9H2,1-2H3. The van der Waals surface area contributed by atoms with Crippen LogP contribution in [0.15, 0.2) is 6.07 Å². The molecular formula is C13H21NO2S. The van der Waals surface area contributed by atoms with E-state index in [0.717, 1.165) is 39.3 Å². The average molecular weight is 255 g/mol. The number of aryl methyl sites for hydroxylation is 1. The first-order valence-electron chi connectivity index (χ1n) is 6.28. The van der Waals surface area contributed by atoms with E-state index in [2.05, 4.69) is 25.2 Å². The molecule has 3 nitrogen and oxygen atoms in total. The molecule has 1 fully saturated rings. The Labute approximate surface area is 107 Å². The molecule has 1 aromatic heterocycles. The third kappa shape index (κ3) is 3.78. The predicted octanol–water partition coefficient (Wildman–Crippen LogP) is 2.47. The van der Waals surface area contributed by atoms with Crippen molar-refractivity contribution in [2.45, 2.75) is 39.5 Å². The Balaban J connectivity index is 1.84. The maximum Gasteiger partial charge on any atom is 0.0835 e. The summed E-state index contributed by atoms with van der Waals surface area (Å²) < 4.78 is 11.2. The molecule has 1 aliphatic rings. The lowest BCUT2D eigenvalue weighted by molar-refractivity contribution is 0.0317. The van der Waals surface area contributed by atoms with E-state index in [-0.39, 0.29) is 0 Å². The second-order valence-electron chi connectivity index (χ2n) is 4.37. The summed E-state index contributed by atoms with van der Waals surface area (Å²) in [6.45, 7) is 8.61. The van der Waals surface area contributed by atoms with Gasteiger partial charge < -0.3 is 14.8 Å². The van der Waals surface area contributed by atoms with Gasteiger partial charge in [-0.05, 0) is 31.5 Å². The van der Waals surface area contributed by atoms with Gasteiger partial charge in [0.2, 0.25) is 0 Å². The first kappa shape index (κ1) is 13.0. The summed E-state index contributed by atoms with van der Waals surface area (Å²) in [5.74, 6) is 0. The smallest absolute Gasteiger partial charge is 0.0835 e. The van der Waals surface area contributed by atoms with E-state index in [9.17, 15) is 0 Å². The normalized spacial score (nSPS) is 20.0. The van der Waals surface area contributed by atoms with Crippen molar-refractivity contribution >= 4 is 11.3 Å². The van der Waals surface area contributed by atoms with E-state index in [0.29, 0.717) is 6.10 Å². The van der Waals surface area contributed by atoms with Gasteiger partial charge in [-0.3, -0.25) is 0 Å². The second kappa shape index (κ2) is 6.50. The van der Waals surface area contributed by atoms with Crippen LogP contribution in [0.3, 0.4) is 0 Å². The summed E-state index contributed by atoms with van der Waals surface area (Å²) in [5, 5.41) is 3.35. The lowest BCUT2D eigenvalue weighted by atomic mass is 10.2. The highest BCUT2D eigenvalue weighted by Gasteiger charge is 2.16. The average Bonchev–Trinajstić information content (AvgIpc) is 2.93. The van der Waals surface area contributed by atoms with Crippen LogP contribution >= 0.6 is 11.3 Å². The van der Waals surface area contributed by atoms with Gasteiger partial charge in [-0.1, -0.05) is 6.92 Å². The summed E-state index contributed by atoms with van der Waals surface area (Å²) in [4.78, 5) is 2.77. The number of rotatable bonds is 6. The quantitative estimate of drug-likeness (QED) is 0.847. The Hall–Kier alpha value is -0.420. The fraction of sp³-hybridized carbons (Fsp3) is 0.692. The molecule has 0 aromatic carbocycles. The van der Waals surface area contributed by atoms with Crippen molar-refractivity contribution in [3.05, 3.63) is 21.4 Å². The Morgan fingerprint density at radius 1 is 1.59 bits per heavy atom. The van der Waals surface area contributed by atoms with Gasteiger partial charge in [0.15, 0.2) is 0 Å². The molecule has 0 bridgehead atoms. The fourth-order valence-electron chi connectivity index (χ4n) is 1.92. The van der Waals surface area contributed by atoms with Crippen LogP contribution in [0, 0.1) is 6.92 Å². The third-order valence-corrected chi connectivity index (χ3v) is 4.08. The van der Waals surface area contributed by atoms with E-state index >= 15 is 0 Å². The van der Waals surface area contributed by atoms with Gasteiger partial charge in [0.05, 0.1) is 19.3 Å². The molecule has 1 saturated heterocycles. The highest BCUT2D eigenvalue weighted by atomic mass is 32.1. The van der Waals surface area contributed by atoms with Gasteiger partial charge in [0.1, 0.15) is 0 Å². The Kier molecular flexibility index (Phi) is 4.98. The van der Waals surface area contributed by atoms with Crippen LogP contribution in [-0.2, 0) is 22.6 Å². The third-order valence-electron chi connectivity index (χ3n) is 2.98. The number of hydrogen-bond donors (Lipinski definition) is 1. The summed E-state index contributed by atoms with van der Waals surface area (Å²) in [5.41, 5.74) is 1.33. The molecule has 0 aliphatic carbocycles. The van der Waals surface area contributed by atoms with Crippen molar-refractivity contribution in [3.63, 3.8) is 0 Å². The monoisotopic (exact) mass is 255 g/mol. The summed E-state index contributed by atoms with van der Waals surface area (Å²) in [7, 11) is 0. The van der Waals surface area contributed by atoms with Crippen molar-refractivity contribution < 1.29 is 9.47 Å². The fourth-order valence-corrected chi connectivity index (χ4v) is 2.94. The minimum atomic E-state index is 0.298. The molecular weight excluding hydrogens is 234 g/mol. The second-order valence-corrected chi connectivity index (χ2v) is 5.71.